The minimum Gasteiger partial charge on any atom is -0.491 e. The van der Waals surface area contributed by atoms with Gasteiger partial charge in [-0.3, -0.25) is 5.10 Å². The molecule has 1 N–H and O–H groups in total. The van der Waals surface area contributed by atoms with E-state index in [-0.39, 0.29) is 12.1 Å². The zero-order chi connectivity index (χ0) is 18.1. The van der Waals surface area contributed by atoms with E-state index in [2.05, 4.69) is 32.0 Å². The third-order valence-electron chi connectivity index (χ3n) is 4.46. The van der Waals surface area contributed by atoms with Gasteiger partial charge in [-0.25, -0.2) is 9.97 Å². The van der Waals surface area contributed by atoms with E-state index in [1.165, 1.54) is 0 Å². The molecule has 1 aliphatic heterocycles. The Morgan fingerprint density at radius 2 is 2.15 bits per heavy atom. The summed E-state index contributed by atoms with van der Waals surface area (Å²) in [6, 6.07) is 8.22. The van der Waals surface area contributed by atoms with Crippen molar-refractivity contribution in [3.8, 4) is 17.1 Å². The lowest BCUT2D eigenvalue weighted by molar-refractivity contribution is 0.0985. The lowest BCUT2D eigenvalue weighted by Crippen LogP contribution is -2.44. The predicted molar refractivity (Wildman–Crippen MR) is 101 cm³/mol. The second-order valence-corrected chi connectivity index (χ2v) is 6.82. The minimum atomic E-state index is 0.122. The van der Waals surface area contributed by atoms with Crippen LogP contribution in [-0.4, -0.2) is 52.1 Å². The Balaban J connectivity index is 1.72. The van der Waals surface area contributed by atoms with E-state index in [0.717, 1.165) is 40.4 Å². The van der Waals surface area contributed by atoms with Crippen molar-refractivity contribution in [1.82, 2.24) is 20.2 Å². The van der Waals surface area contributed by atoms with Gasteiger partial charge in [0.2, 0.25) is 0 Å². The lowest BCUT2D eigenvalue weighted by Gasteiger charge is -2.34. The molecule has 0 radical (unpaired) electrons. The number of H-pyrrole nitrogens is 1. The van der Waals surface area contributed by atoms with E-state index >= 15 is 0 Å². The van der Waals surface area contributed by atoms with Crippen molar-refractivity contribution in [2.45, 2.75) is 32.9 Å². The molecule has 1 aromatic carbocycles. The van der Waals surface area contributed by atoms with Crippen LogP contribution in [0.1, 0.15) is 20.8 Å². The van der Waals surface area contributed by atoms with Gasteiger partial charge in [-0.15, -0.1) is 0 Å². The monoisotopic (exact) mass is 353 g/mol. The molecule has 7 nitrogen and oxygen atoms in total. The van der Waals surface area contributed by atoms with Crippen LogP contribution in [0.2, 0.25) is 0 Å². The first-order chi connectivity index (χ1) is 12.6. The van der Waals surface area contributed by atoms with Crippen LogP contribution >= 0.6 is 0 Å². The Hall–Kier alpha value is -2.67. The number of anilines is 1. The average Bonchev–Trinajstić information content (AvgIpc) is 3.05. The molecule has 4 rings (SSSR count). The van der Waals surface area contributed by atoms with E-state index < -0.39 is 0 Å². The molecule has 3 heterocycles. The number of hydrogen-bond acceptors (Lipinski definition) is 6. The van der Waals surface area contributed by atoms with Crippen LogP contribution in [0.5, 0.6) is 5.75 Å². The summed E-state index contributed by atoms with van der Waals surface area (Å²) in [5.41, 5.74) is 2.55. The Kier molecular flexibility index (Phi) is 4.46. The number of benzene rings is 1. The molecule has 7 heteroatoms. The summed E-state index contributed by atoms with van der Waals surface area (Å²) in [4.78, 5) is 11.2. The van der Waals surface area contributed by atoms with Crippen LogP contribution < -0.4 is 9.64 Å². The normalized spacial score (nSPS) is 17.8. The third kappa shape index (κ3) is 3.22. The molecule has 26 heavy (non-hydrogen) atoms. The van der Waals surface area contributed by atoms with Gasteiger partial charge >= 0.3 is 0 Å². The Bertz CT molecular complexity index is 908. The maximum atomic E-state index is 5.82. The molecule has 1 aliphatic rings. The second kappa shape index (κ2) is 6.92. The van der Waals surface area contributed by atoms with Gasteiger partial charge in [0, 0.05) is 18.0 Å². The number of aromatic amines is 1. The van der Waals surface area contributed by atoms with Crippen LogP contribution in [0, 0.1) is 0 Å². The molecule has 2 aromatic heterocycles. The highest BCUT2D eigenvalue weighted by molar-refractivity contribution is 5.93. The molecule has 0 spiro atoms. The number of aromatic nitrogens is 4. The average molecular weight is 353 g/mol. The molecular weight excluding hydrogens is 330 g/mol. The summed E-state index contributed by atoms with van der Waals surface area (Å²) in [6.07, 6.45) is 1.72. The van der Waals surface area contributed by atoms with Crippen LogP contribution in [0.25, 0.3) is 22.3 Å². The fourth-order valence-electron chi connectivity index (χ4n) is 3.23. The maximum Gasteiger partial charge on any atom is 0.133 e. The summed E-state index contributed by atoms with van der Waals surface area (Å²) in [5.74, 6) is 1.72. The topological polar surface area (TPSA) is 76.2 Å². The fraction of sp³-hybridized carbons (Fsp3) is 0.421. The molecule has 136 valence electrons. The minimum absolute atomic E-state index is 0.122. The quantitative estimate of drug-likeness (QED) is 0.777. The van der Waals surface area contributed by atoms with Crippen LogP contribution in [0.15, 0.2) is 30.6 Å². The number of nitrogens with zero attached hydrogens (tertiary/aromatic N) is 4. The molecule has 1 atom stereocenters. The highest BCUT2D eigenvalue weighted by atomic mass is 16.5. The van der Waals surface area contributed by atoms with E-state index in [1.54, 1.807) is 6.33 Å². The summed E-state index contributed by atoms with van der Waals surface area (Å²) in [7, 11) is 0. The lowest BCUT2D eigenvalue weighted by atomic mass is 10.1. The third-order valence-corrected chi connectivity index (χ3v) is 4.46. The Labute approximate surface area is 152 Å². The van der Waals surface area contributed by atoms with Gasteiger partial charge in [0.1, 0.15) is 23.6 Å². The van der Waals surface area contributed by atoms with Crippen molar-refractivity contribution < 1.29 is 9.47 Å². The summed E-state index contributed by atoms with van der Waals surface area (Å²) in [6.45, 7) is 8.42. The van der Waals surface area contributed by atoms with Crippen LogP contribution in [-0.2, 0) is 4.74 Å². The number of morpholine rings is 1. The fourth-order valence-corrected chi connectivity index (χ4v) is 3.23. The van der Waals surface area contributed by atoms with E-state index in [1.807, 2.05) is 38.1 Å². The van der Waals surface area contributed by atoms with Gasteiger partial charge in [0.15, 0.2) is 0 Å². The Morgan fingerprint density at radius 1 is 1.27 bits per heavy atom. The van der Waals surface area contributed by atoms with Crippen molar-refractivity contribution in [2.24, 2.45) is 0 Å². The van der Waals surface area contributed by atoms with Gasteiger partial charge in [0.05, 0.1) is 36.6 Å². The smallest absolute Gasteiger partial charge is 0.133 e. The van der Waals surface area contributed by atoms with Crippen molar-refractivity contribution in [3.63, 3.8) is 0 Å². The van der Waals surface area contributed by atoms with Crippen molar-refractivity contribution >= 4 is 16.7 Å². The summed E-state index contributed by atoms with van der Waals surface area (Å²) < 4.78 is 11.3. The zero-order valence-corrected chi connectivity index (χ0v) is 15.3. The highest BCUT2D eigenvalue weighted by Gasteiger charge is 2.21. The number of fused-ring (bicyclic) bond motifs is 1. The number of ether oxygens (including phenoxy) is 2. The zero-order valence-electron chi connectivity index (χ0n) is 15.3. The first kappa shape index (κ1) is 16.8. The van der Waals surface area contributed by atoms with Gasteiger partial charge in [0.25, 0.3) is 0 Å². The van der Waals surface area contributed by atoms with Crippen LogP contribution in [0.3, 0.4) is 0 Å². The van der Waals surface area contributed by atoms with E-state index in [4.69, 9.17) is 9.47 Å². The molecular formula is C19H23N5O2. The number of nitrogens with one attached hydrogen (secondary N) is 1. The molecule has 3 aromatic rings. The highest BCUT2D eigenvalue weighted by Crippen LogP contribution is 2.30. The van der Waals surface area contributed by atoms with Crippen LogP contribution in [0.4, 0.5) is 5.82 Å². The summed E-state index contributed by atoms with van der Waals surface area (Å²) >= 11 is 0. The van der Waals surface area contributed by atoms with Crippen molar-refractivity contribution in [1.29, 1.82) is 0 Å². The van der Waals surface area contributed by atoms with Gasteiger partial charge in [-0.1, -0.05) is 0 Å². The molecule has 1 saturated heterocycles. The SMILES string of the molecule is CC(C)Oc1ccc2[nH]nc(-c3cc(N4CCOCC4C)ncn3)c2c1. The number of hydrogen-bond donors (Lipinski definition) is 1. The Morgan fingerprint density at radius 3 is 2.96 bits per heavy atom. The molecule has 1 fully saturated rings. The van der Waals surface area contributed by atoms with Gasteiger partial charge in [-0.05, 0) is 39.0 Å². The van der Waals surface area contributed by atoms with Gasteiger partial charge < -0.3 is 14.4 Å². The molecule has 0 bridgehead atoms. The standard InChI is InChI=1S/C19H23N5O2/c1-12(2)26-14-4-5-16-15(8-14)19(23-22-16)17-9-18(21-11-20-17)24-6-7-25-10-13(24)3/h4-5,8-9,11-13H,6-7,10H2,1-3H3,(H,22,23). The van der Waals surface area contributed by atoms with Gasteiger partial charge in [-0.2, -0.15) is 5.10 Å². The summed E-state index contributed by atoms with van der Waals surface area (Å²) in [5, 5.41) is 8.54. The molecule has 1 unspecified atom stereocenters. The van der Waals surface area contributed by atoms with E-state index in [9.17, 15) is 0 Å². The van der Waals surface area contributed by atoms with Crippen molar-refractivity contribution in [2.75, 3.05) is 24.7 Å². The first-order valence-corrected chi connectivity index (χ1v) is 8.93. The molecule has 0 aliphatic carbocycles. The molecule has 0 saturated carbocycles. The van der Waals surface area contributed by atoms with E-state index in [0.29, 0.717) is 13.2 Å². The molecule has 0 amide bonds. The van der Waals surface area contributed by atoms with Crippen molar-refractivity contribution in [3.05, 3.63) is 30.6 Å². The second-order valence-electron chi connectivity index (χ2n) is 6.82. The largest absolute Gasteiger partial charge is 0.491 e. The maximum absolute atomic E-state index is 5.82. The number of rotatable bonds is 4. The predicted octanol–water partition coefficient (Wildman–Crippen LogP) is 3.03. The first-order valence-electron chi connectivity index (χ1n) is 8.93.